The van der Waals surface area contributed by atoms with Crippen molar-refractivity contribution in [1.82, 2.24) is 5.32 Å². The van der Waals surface area contributed by atoms with Gasteiger partial charge >= 0.3 is 0 Å². The Kier molecular flexibility index (Phi) is 6.41. The van der Waals surface area contributed by atoms with Gasteiger partial charge in [0.1, 0.15) is 0 Å². The second-order valence-corrected chi connectivity index (χ2v) is 10.7. The predicted octanol–water partition coefficient (Wildman–Crippen LogP) is 7.33. The highest BCUT2D eigenvalue weighted by atomic mass is 32.2. The van der Waals surface area contributed by atoms with Gasteiger partial charge in [-0.3, -0.25) is 0 Å². The largest absolute Gasteiger partial charge is 0.371 e. The summed E-state index contributed by atoms with van der Waals surface area (Å²) in [6.07, 6.45) is 3.87. The van der Waals surface area contributed by atoms with Gasteiger partial charge in [-0.05, 0) is 64.9 Å². The Morgan fingerprint density at radius 2 is 1.53 bits per heavy atom. The summed E-state index contributed by atoms with van der Waals surface area (Å²) in [7, 11) is 0. The molecule has 4 aromatic carbocycles. The second kappa shape index (κ2) is 9.95. The summed E-state index contributed by atoms with van der Waals surface area (Å²) in [5.41, 5.74) is 4.06. The lowest BCUT2D eigenvalue weighted by molar-refractivity contribution is -0.0133. The number of ether oxygens (including phenoxy) is 1. The van der Waals surface area contributed by atoms with E-state index in [0.717, 1.165) is 12.2 Å². The highest BCUT2D eigenvalue weighted by Crippen LogP contribution is 2.40. The Balaban J connectivity index is 1.16. The average molecular weight is 466 g/mol. The molecule has 6 rings (SSSR count). The Morgan fingerprint density at radius 1 is 0.765 bits per heavy atom. The molecule has 0 aromatic heterocycles. The molecule has 34 heavy (non-hydrogen) atoms. The zero-order valence-corrected chi connectivity index (χ0v) is 20.2. The van der Waals surface area contributed by atoms with Crippen LogP contribution in [0.3, 0.4) is 0 Å². The van der Waals surface area contributed by atoms with Crippen molar-refractivity contribution in [3.8, 4) is 0 Å². The van der Waals surface area contributed by atoms with Gasteiger partial charge in [-0.25, -0.2) is 0 Å². The number of thioether (sulfide) groups is 1. The second-order valence-electron chi connectivity index (χ2n) is 9.69. The number of rotatable bonds is 7. The van der Waals surface area contributed by atoms with Crippen LogP contribution in [0.4, 0.5) is 0 Å². The average Bonchev–Trinajstić information content (AvgIpc) is 3.29. The molecule has 4 aromatic rings. The first-order chi connectivity index (χ1) is 16.8. The molecule has 2 fully saturated rings. The minimum absolute atomic E-state index is 0.217. The first kappa shape index (κ1) is 21.9. The van der Waals surface area contributed by atoms with Gasteiger partial charge in [0.2, 0.25) is 0 Å². The van der Waals surface area contributed by atoms with Crippen LogP contribution in [-0.2, 0) is 17.1 Å². The Hall–Kier alpha value is -2.59. The van der Waals surface area contributed by atoms with Crippen LogP contribution in [-0.4, -0.2) is 18.2 Å². The predicted molar refractivity (Wildman–Crippen MR) is 142 cm³/mol. The molecule has 4 unspecified atom stereocenters. The molecule has 1 N–H and O–H groups in total. The van der Waals surface area contributed by atoms with Crippen molar-refractivity contribution < 1.29 is 4.74 Å². The van der Waals surface area contributed by atoms with Crippen LogP contribution < -0.4 is 5.32 Å². The molecule has 3 heteroatoms. The number of fused-ring (bicyclic) bond motifs is 3. The molecule has 0 radical (unpaired) electrons. The fraction of sp³-hybridized carbons (Fsp3) is 0.290. The van der Waals surface area contributed by atoms with E-state index in [-0.39, 0.29) is 6.10 Å². The van der Waals surface area contributed by atoms with Gasteiger partial charge in [0, 0.05) is 28.6 Å². The van der Waals surface area contributed by atoms with E-state index in [4.69, 9.17) is 4.74 Å². The summed E-state index contributed by atoms with van der Waals surface area (Å²) < 4.78 is 6.68. The van der Waals surface area contributed by atoms with Crippen LogP contribution in [0.25, 0.3) is 10.8 Å². The van der Waals surface area contributed by atoms with Crippen LogP contribution in [0.2, 0.25) is 0 Å². The van der Waals surface area contributed by atoms with Crippen molar-refractivity contribution >= 4 is 22.5 Å². The lowest BCUT2D eigenvalue weighted by Crippen LogP contribution is -2.49. The molecule has 0 saturated carbocycles. The first-order valence-electron chi connectivity index (χ1n) is 12.4. The zero-order valence-electron chi connectivity index (χ0n) is 19.4. The van der Waals surface area contributed by atoms with Gasteiger partial charge in [-0.15, -0.1) is 11.8 Å². The summed E-state index contributed by atoms with van der Waals surface area (Å²) in [5, 5.41) is 6.40. The van der Waals surface area contributed by atoms with Gasteiger partial charge in [-0.1, -0.05) is 78.9 Å². The number of piperidine rings is 1. The molecule has 0 aliphatic carbocycles. The normalized spacial score (nSPS) is 23.9. The smallest absolute Gasteiger partial charge is 0.0801 e. The molecule has 172 valence electrons. The van der Waals surface area contributed by atoms with E-state index in [1.54, 1.807) is 0 Å². The minimum atomic E-state index is 0.217. The molecule has 2 bridgehead atoms. The lowest BCUT2D eigenvalue weighted by atomic mass is 9.83. The molecule has 4 atom stereocenters. The first-order valence-corrected chi connectivity index (χ1v) is 13.4. The van der Waals surface area contributed by atoms with Gasteiger partial charge in [-0.2, -0.15) is 0 Å². The summed E-state index contributed by atoms with van der Waals surface area (Å²) >= 11 is 1.90. The van der Waals surface area contributed by atoms with Crippen molar-refractivity contribution in [3.05, 3.63) is 114 Å². The monoisotopic (exact) mass is 465 g/mol. The van der Waals surface area contributed by atoms with E-state index in [1.165, 1.54) is 45.2 Å². The van der Waals surface area contributed by atoms with Crippen molar-refractivity contribution in [2.45, 2.75) is 60.6 Å². The maximum atomic E-state index is 6.68. The van der Waals surface area contributed by atoms with E-state index in [1.807, 2.05) is 11.8 Å². The van der Waals surface area contributed by atoms with Crippen LogP contribution in [0.5, 0.6) is 0 Å². The van der Waals surface area contributed by atoms with Crippen LogP contribution in [0, 0.1) is 0 Å². The maximum absolute atomic E-state index is 6.68. The fourth-order valence-corrected chi connectivity index (χ4v) is 6.52. The van der Waals surface area contributed by atoms with Gasteiger partial charge in [0.15, 0.2) is 0 Å². The molecule has 0 spiro atoms. The molecule has 2 nitrogen and oxygen atoms in total. The standard InChI is InChI=1S/C31H31NOS/c1-2-8-28(9-3-1)34-21-22-10-14-25(15-11-22)29-19-27-16-17-30(32-27)31(29)33-20-23-12-13-24-6-4-5-7-26(24)18-23/h1-15,18,27,29-32H,16-17,19-21H2. The topological polar surface area (TPSA) is 21.3 Å². The molecule has 2 aliphatic rings. The van der Waals surface area contributed by atoms with Gasteiger partial charge in [0.25, 0.3) is 0 Å². The van der Waals surface area contributed by atoms with Crippen molar-refractivity contribution in [1.29, 1.82) is 0 Å². The molecule has 2 aliphatic heterocycles. The Morgan fingerprint density at radius 3 is 2.38 bits per heavy atom. The third-order valence-electron chi connectivity index (χ3n) is 7.42. The van der Waals surface area contributed by atoms with E-state index >= 15 is 0 Å². The van der Waals surface area contributed by atoms with E-state index in [9.17, 15) is 0 Å². The van der Waals surface area contributed by atoms with E-state index in [2.05, 4.69) is 102 Å². The van der Waals surface area contributed by atoms with Crippen LogP contribution >= 0.6 is 11.8 Å². The summed E-state index contributed by atoms with van der Waals surface area (Å²) in [5.74, 6) is 1.46. The number of nitrogens with one attached hydrogen (secondary N) is 1. The molecular formula is C31H31NOS. The highest BCUT2D eigenvalue weighted by Gasteiger charge is 2.42. The highest BCUT2D eigenvalue weighted by molar-refractivity contribution is 7.98. The molecule has 2 saturated heterocycles. The number of hydrogen-bond acceptors (Lipinski definition) is 3. The van der Waals surface area contributed by atoms with Gasteiger partial charge in [0.05, 0.1) is 12.7 Å². The van der Waals surface area contributed by atoms with Crippen molar-refractivity contribution in [3.63, 3.8) is 0 Å². The third-order valence-corrected chi connectivity index (χ3v) is 8.50. The summed E-state index contributed by atoms with van der Waals surface area (Å²) in [4.78, 5) is 1.32. The van der Waals surface area contributed by atoms with E-state index < -0.39 is 0 Å². The lowest BCUT2D eigenvalue weighted by Gasteiger charge is -2.38. The maximum Gasteiger partial charge on any atom is 0.0801 e. The Labute approximate surface area is 206 Å². The molecular weight excluding hydrogens is 434 g/mol. The Bertz CT molecular complexity index is 1240. The van der Waals surface area contributed by atoms with Crippen molar-refractivity contribution in [2.75, 3.05) is 0 Å². The number of hydrogen-bond donors (Lipinski definition) is 1. The summed E-state index contributed by atoms with van der Waals surface area (Å²) in [6.45, 7) is 0.667. The van der Waals surface area contributed by atoms with Crippen LogP contribution in [0.15, 0.2) is 102 Å². The van der Waals surface area contributed by atoms with Gasteiger partial charge < -0.3 is 10.1 Å². The van der Waals surface area contributed by atoms with Crippen LogP contribution in [0.1, 0.15) is 41.9 Å². The quantitative estimate of drug-likeness (QED) is 0.289. The summed E-state index contributed by atoms with van der Waals surface area (Å²) in [6, 6.07) is 36.3. The SMILES string of the molecule is c1ccc(SCc2ccc(C3CC4CCC(N4)C3OCc3ccc4ccccc4c3)cc2)cc1. The minimum Gasteiger partial charge on any atom is -0.371 e. The van der Waals surface area contributed by atoms with E-state index in [0.29, 0.717) is 24.6 Å². The number of benzene rings is 4. The molecule has 0 amide bonds. The fourth-order valence-electron chi connectivity index (χ4n) is 5.64. The molecule has 2 heterocycles. The third kappa shape index (κ3) is 4.79. The zero-order chi connectivity index (χ0) is 22.7. The van der Waals surface area contributed by atoms with Crippen molar-refractivity contribution in [2.24, 2.45) is 0 Å².